The Bertz CT molecular complexity index is 639. The number of hydrogen-bond acceptors (Lipinski definition) is 4. The molecule has 1 aromatic rings. The van der Waals surface area contributed by atoms with Gasteiger partial charge in [0.25, 0.3) is 5.91 Å². The van der Waals surface area contributed by atoms with E-state index < -0.39 is 4.87 Å². The zero-order chi connectivity index (χ0) is 15.9. The number of methoxy groups -OCH3 is 1. The molecule has 1 fully saturated rings. The zero-order valence-electron chi connectivity index (χ0n) is 12.5. The lowest BCUT2D eigenvalue weighted by Crippen LogP contribution is -2.53. The lowest BCUT2D eigenvalue weighted by atomic mass is 10.1. The van der Waals surface area contributed by atoms with Gasteiger partial charge in [0, 0.05) is 37.0 Å². The van der Waals surface area contributed by atoms with Gasteiger partial charge in [0.2, 0.25) is 5.91 Å². The van der Waals surface area contributed by atoms with Gasteiger partial charge in [-0.15, -0.1) is 0 Å². The van der Waals surface area contributed by atoms with E-state index in [2.05, 4.69) is 0 Å². The summed E-state index contributed by atoms with van der Waals surface area (Å²) in [4.78, 5) is 28.6. The van der Waals surface area contributed by atoms with Crippen molar-refractivity contribution in [3.05, 3.63) is 23.2 Å². The van der Waals surface area contributed by atoms with E-state index in [4.69, 9.17) is 16.3 Å². The molecule has 0 saturated carbocycles. The predicted octanol–water partition coefficient (Wildman–Crippen LogP) is 2.37. The van der Waals surface area contributed by atoms with Crippen LogP contribution in [-0.4, -0.2) is 48.9 Å². The van der Waals surface area contributed by atoms with Gasteiger partial charge in [-0.3, -0.25) is 14.5 Å². The van der Waals surface area contributed by atoms with E-state index in [9.17, 15) is 9.59 Å². The second-order valence-corrected chi connectivity index (χ2v) is 7.20. The number of amides is 2. The minimum Gasteiger partial charge on any atom is -0.383 e. The Kier molecular flexibility index (Phi) is 4.09. The fraction of sp³-hybridized carbons (Fsp3) is 0.467. The molecule has 5 nitrogen and oxygen atoms in total. The van der Waals surface area contributed by atoms with Crippen molar-refractivity contribution in [2.75, 3.05) is 32.2 Å². The molecule has 2 amide bonds. The van der Waals surface area contributed by atoms with Gasteiger partial charge in [0.1, 0.15) is 0 Å². The molecule has 1 unspecified atom stereocenters. The highest BCUT2D eigenvalue weighted by molar-refractivity contribution is 8.02. The first kappa shape index (κ1) is 15.6. The van der Waals surface area contributed by atoms with Gasteiger partial charge in [-0.1, -0.05) is 23.4 Å². The van der Waals surface area contributed by atoms with E-state index in [0.29, 0.717) is 31.0 Å². The number of carbonyl (C=O) groups is 2. The summed E-state index contributed by atoms with van der Waals surface area (Å²) in [7, 11) is 3.35. The molecule has 22 heavy (non-hydrogen) atoms. The van der Waals surface area contributed by atoms with Crippen LogP contribution in [0.25, 0.3) is 0 Å². The van der Waals surface area contributed by atoms with Crippen LogP contribution in [-0.2, 0) is 14.3 Å². The predicted molar refractivity (Wildman–Crippen MR) is 86.3 cm³/mol. The third kappa shape index (κ3) is 2.30. The highest BCUT2D eigenvalue weighted by Crippen LogP contribution is 2.56. The van der Waals surface area contributed by atoms with Gasteiger partial charge < -0.3 is 9.64 Å². The largest absolute Gasteiger partial charge is 0.383 e. The van der Waals surface area contributed by atoms with Gasteiger partial charge in [-0.2, -0.15) is 0 Å². The molecule has 0 radical (unpaired) electrons. The zero-order valence-corrected chi connectivity index (χ0v) is 14.0. The maximum Gasteiger partial charge on any atom is 0.259 e. The number of benzene rings is 1. The van der Waals surface area contributed by atoms with Crippen LogP contribution in [0, 0.1) is 0 Å². The SMILES string of the molecule is COCCN(C)C(=O)C12CCC(=O)N1c1cc(Cl)ccc1S2. The van der Waals surface area contributed by atoms with Crippen LogP contribution >= 0.6 is 23.4 Å². The lowest BCUT2D eigenvalue weighted by Gasteiger charge is -2.33. The summed E-state index contributed by atoms with van der Waals surface area (Å²) < 4.78 is 5.03. The van der Waals surface area contributed by atoms with Crippen molar-refractivity contribution < 1.29 is 14.3 Å². The number of fused-ring (bicyclic) bond motifs is 3. The molecule has 0 aliphatic carbocycles. The van der Waals surface area contributed by atoms with E-state index in [0.717, 1.165) is 10.6 Å². The first-order valence-corrected chi connectivity index (χ1v) is 8.25. The average Bonchev–Trinajstić information content (AvgIpc) is 3.00. The maximum atomic E-state index is 13.0. The molecule has 1 aromatic carbocycles. The summed E-state index contributed by atoms with van der Waals surface area (Å²) in [5, 5.41) is 0.565. The molecule has 118 valence electrons. The molecular formula is C15H17ClN2O3S. The van der Waals surface area contributed by atoms with Crippen LogP contribution in [0.4, 0.5) is 5.69 Å². The quantitative estimate of drug-likeness (QED) is 0.844. The number of carbonyl (C=O) groups excluding carboxylic acids is 2. The van der Waals surface area contributed by atoms with E-state index in [1.54, 1.807) is 36.1 Å². The Morgan fingerprint density at radius 2 is 2.32 bits per heavy atom. The van der Waals surface area contributed by atoms with Crippen LogP contribution in [0.3, 0.4) is 0 Å². The molecule has 1 atom stereocenters. The van der Waals surface area contributed by atoms with Crippen LogP contribution < -0.4 is 4.90 Å². The number of anilines is 1. The molecule has 0 spiro atoms. The minimum atomic E-state index is -0.868. The van der Waals surface area contributed by atoms with Gasteiger partial charge in [0.15, 0.2) is 4.87 Å². The Morgan fingerprint density at radius 3 is 3.05 bits per heavy atom. The van der Waals surface area contributed by atoms with E-state index >= 15 is 0 Å². The Balaban J connectivity index is 1.96. The fourth-order valence-electron chi connectivity index (χ4n) is 2.93. The van der Waals surface area contributed by atoms with Crippen molar-refractivity contribution in [1.82, 2.24) is 4.90 Å². The average molecular weight is 341 g/mol. The minimum absolute atomic E-state index is 0.0259. The summed E-state index contributed by atoms with van der Waals surface area (Å²) in [6.45, 7) is 0.965. The third-order valence-electron chi connectivity index (χ3n) is 4.04. The third-order valence-corrected chi connectivity index (χ3v) is 5.74. The standard InChI is InChI=1S/C15H17ClN2O3S/c1-17(7-8-21-2)14(20)15-6-5-13(19)18(15)11-9-10(16)3-4-12(11)22-15/h3-4,9H,5-8H2,1-2H3. The summed E-state index contributed by atoms with van der Waals surface area (Å²) in [5.41, 5.74) is 0.744. The summed E-state index contributed by atoms with van der Waals surface area (Å²) in [6, 6.07) is 5.42. The molecule has 1 saturated heterocycles. The number of rotatable bonds is 4. The first-order chi connectivity index (χ1) is 10.5. The highest BCUT2D eigenvalue weighted by atomic mass is 35.5. The molecule has 7 heteroatoms. The number of likely N-dealkylation sites (N-methyl/N-ethyl adjacent to an activating group) is 1. The Morgan fingerprint density at radius 1 is 1.55 bits per heavy atom. The Labute approximate surface area is 138 Å². The second kappa shape index (κ2) is 5.76. The fourth-order valence-corrected chi connectivity index (χ4v) is 4.59. The molecule has 2 aliphatic heterocycles. The monoisotopic (exact) mass is 340 g/mol. The molecule has 2 aliphatic rings. The molecule has 0 aromatic heterocycles. The van der Waals surface area contributed by atoms with Crippen molar-refractivity contribution >= 4 is 40.9 Å². The highest BCUT2D eigenvalue weighted by Gasteiger charge is 2.58. The van der Waals surface area contributed by atoms with Gasteiger partial charge >= 0.3 is 0 Å². The molecule has 0 bridgehead atoms. The number of hydrogen-bond donors (Lipinski definition) is 0. The van der Waals surface area contributed by atoms with Gasteiger partial charge in [-0.05, 0) is 24.6 Å². The van der Waals surface area contributed by atoms with Crippen LogP contribution in [0.1, 0.15) is 12.8 Å². The Hall–Kier alpha value is -1.24. The van der Waals surface area contributed by atoms with Gasteiger partial charge in [-0.25, -0.2) is 0 Å². The maximum absolute atomic E-state index is 13.0. The number of halogens is 1. The molecule has 0 N–H and O–H groups in total. The van der Waals surface area contributed by atoms with Crippen molar-refractivity contribution in [3.63, 3.8) is 0 Å². The van der Waals surface area contributed by atoms with Crippen molar-refractivity contribution in [2.45, 2.75) is 22.6 Å². The molecule has 3 rings (SSSR count). The van der Waals surface area contributed by atoms with Gasteiger partial charge in [0.05, 0.1) is 12.3 Å². The van der Waals surface area contributed by atoms with Crippen LogP contribution in [0.5, 0.6) is 0 Å². The van der Waals surface area contributed by atoms with Crippen molar-refractivity contribution in [3.8, 4) is 0 Å². The van der Waals surface area contributed by atoms with E-state index in [1.165, 1.54) is 11.8 Å². The number of thioether (sulfide) groups is 1. The smallest absolute Gasteiger partial charge is 0.259 e. The number of nitrogens with zero attached hydrogens (tertiary/aromatic N) is 2. The summed E-state index contributed by atoms with van der Waals surface area (Å²) >= 11 is 7.51. The van der Waals surface area contributed by atoms with E-state index in [1.807, 2.05) is 6.07 Å². The second-order valence-electron chi connectivity index (χ2n) is 5.45. The van der Waals surface area contributed by atoms with Crippen molar-refractivity contribution in [1.29, 1.82) is 0 Å². The van der Waals surface area contributed by atoms with Crippen LogP contribution in [0.2, 0.25) is 5.02 Å². The topological polar surface area (TPSA) is 49.9 Å². The lowest BCUT2D eigenvalue weighted by molar-refractivity contribution is -0.133. The summed E-state index contributed by atoms with van der Waals surface area (Å²) in [5.74, 6) is -0.0882. The molecule has 2 heterocycles. The number of ether oxygens (including phenoxy) is 1. The molecular weight excluding hydrogens is 324 g/mol. The normalized spacial score (nSPS) is 22.7. The first-order valence-electron chi connectivity index (χ1n) is 7.06. The summed E-state index contributed by atoms with van der Waals surface area (Å²) in [6.07, 6.45) is 0.891. The van der Waals surface area contributed by atoms with E-state index in [-0.39, 0.29) is 11.8 Å². The van der Waals surface area contributed by atoms with Crippen molar-refractivity contribution in [2.24, 2.45) is 0 Å². The van der Waals surface area contributed by atoms with Crippen LogP contribution in [0.15, 0.2) is 23.1 Å².